The van der Waals surface area contributed by atoms with E-state index in [-0.39, 0.29) is 5.54 Å². The van der Waals surface area contributed by atoms with Gasteiger partial charge in [-0.25, -0.2) is 9.48 Å². The zero-order valence-electron chi connectivity index (χ0n) is 13.6. The largest absolute Gasteiger partial charge is 0.462 e. The van der Waals surface area contributed by atoms with Crippen molar-refractivity contribution in [1.82, 2.24) is 9.78 Å². The molecule has 22 heavy (non-hydrogen) atoms. The van der Waals surface area contributed by atoms with Gasteiger partial charge in [-0.2, -0.15) is 5.10 Å². The Labute approximate surface area is 131 Å². The lowest BCUT2D eigenvalue weighted by Crippen LogP contribution is -2.25. The lowest BCUT2D eigenvalue weighted by atomic mass is 10.1. The van der Waals surface area contributed by atoms with Gasteiger partial charge in [0.2, 0.25) is 0 Å². The van der Waals surface area contributed by atoms with Crippen LogP contribution in [0.25, 0.3) is 11.3 Å². The molecule has 5 nitrogen and oxygen atoms in total. The van der Waals surface area contributed by atoms with Gasteiger partial charge in [0.25, 0.3) is 0 Å². The maximum atomic E-state index is 12.4. The van der Waals surface area contributed by atoms with Gasteiger partial charge in [0.15, 0.2) is 0 Å². The van der Waals surface area contributed by atoms with Crippen LogP contribution in [0.5, 0.6) is 0 Å². The number of rotatable bonds is 4. The number of nitrogens with two attached hydrogens (primary N) is 1. The SMILES string of the molecule is CCCOC(=O)c1c(-c2ccccc2)nn(C(C)(C)C)c1N. The molecule has 5 heteroatoms. The Hall–Kier alpha value is -2.30. The number of hydrogen-bond acceptors (Lipinski definition) is 4. The van der Waals surface area contributed by atoms with Crippen LogP contribution in [0.3, 0.4) is 0 Å². The van der Waals surface area contributed by atoms with Crippen LogP contribution >= 0.6 is 0 Å². The van der Waals surface area contributed by atoms with Crippen molar-refractivity contribution in [3.05, 3.63) is 35.9 Å². The fourth-order valence-corrected chi connectivity index (χ4v) is 2.21. The highest BCUT2D eigenvalue weighted by molar-refractivity contribution is 6.01. The van der Waals surface area contributed by atoms with Crippen molar-refractivity contribution in [2.75, 3.05) is 12.3 Å². The van der Waals surface area contributed by atoms with Gasteiger partial charge in [-0.3, -0.25) is 0 Å². The Morgan fingerprint density at radius 1 is 1.27 bits per heavy atom. The van der Waals surface area contributed by atoms with Gasteiger partial charge in [0.1, 0.15) is 17.1 Å². The molecule has 0 spiro atoms. The molecule has 1 aromatic carbocycles. The highest BCUT2D eigenvalue weighted by Gasteiger charge is 2.28. The van der Waals surface area contributed by atoms with Crippen molar-refractivity contribution >= 4 is 11.8 Å². The van der Waals surface area contributed by atoms with Gasteiger partial charge in [-0.05, 0) is 27.2 Å². The van der Waals surface area contributed by atoms with E-state index in [1.807, 2.05) is 58.0 Å². The number of esters is 1. The molecular weight excluding hydrogens is 278 g/mol. The average molecular weight is 301 g/mol. The summed E-state index contributed by atoms with van der Waals surface area (Å²) in [6.07, 6.45) is 0.764. The molecule has 0 aliphatic carbocycles. The number of aromatic nitrogens is 2. The minimum atomic E-state index is -0.422. The molecule has 0 atom stereocenters. The minimum Gasteiger partial charge on any atom is -0.462 e. The average Bonchev–Trinajstić information content (AvgIpc) is 2.83. The summed E-state index contributed by atoms with van der Waals surface area (Å²) in [6, 6.07) is 9.55. The van der Waals surface area contributed by atoms with Crippen LogP contribution in [0, 0.1) is 0 Å². The number of benzene rings is 1. The highest BCUT2D eigenvalue weighted by Crippen LogP contribution is 2.31. The quantitative estimate of drug-likeness (QED) is 0.878. The summed E-state index contributed by atoms with van der Waals surface area (Å²) < 4.78 is 6.95. The van der Waals surface area contributed by atoms with Crippen LogP contribution in [0.1, 0.15) is 44.5 Å². The number of nitrogens with zero attached hydrogens (tertiary/aromatic N) is 2. The molecule has 1 aromatic heterocycles. The molecule has 1 heterocycles. The molecule has 0 unspecified atom stereocenters. The molecule has 0 saturated carbocycles. The minimum absolute atomic E-state index is 0.323. The summed E-state index contributed by atoms with van der Waals surface area (Å²) >= 11 is 0. The predicted octanol–water partition coefficient (Wildman–Crippen LogP) is 3.45. The van der Waals surface area contributed by atoms with Crippen LogP contribution in [-0.2, 0) is 10.3 Å². The van der Waals surface area contributed by atoms with Crippen LogP contribution in [0.4, 0.5) is 5.82 Å². The first kappa shape index (κ1) is 16.1. The van der Waals surface area contributed by atoms with E-state index in [0.29, 0.717) is 23.7 Å². The summed E-state index contributed by atoms with van der Waals surface area (Å²) in [6.45, 7) is 8.30. The fraction of sp³-hybridized carbons (Fsp3) is 0.412. The smallest absolute Gasteiger partial charge is 0.344 e. The van der Waals surface area contributed by atoms with Crippen molar-refractivity contribution in [1.29, 1.82) is 0 Å². The maximum Gasteiger partial charge on any atom is 0.344 e. The van der Waals surface area contributed by atoms with E-state index in [4.69, 9.17) is 10.5 Å². The Morgan fingerprint density at radius 2 is 1.91 bits per heavy atom. The molecule has 0 amide bonds. The van der Waals surface area contributed by atoms with Crippen molar-refractivity contribution in [3.8, 4) is 11.3 Å². The molecule has 2 N–H and O–H groups in total. The predicted molar refractivity (Wildman–Crippen MR) is 87.6 cm³/mol. The summed E-state index contributed by atoms with van der Waals surface area (Å²) in [7, 11) is 0. The van der Waals surface area contributed by atoms with Gasteiger partial charge in [-0.15, -0.1) is 0 Å². The zero-order valence-corrected chi connectivity index (χ0v) is 13.6. The van der Waals surface area contributed by atoms with Crippen LogP contribution < -0.4 is 5.73 Å². The summed E-state index contributed by atoms with van der Waals surface area (Å²) in [5.41, 5.74) is 7.63. The van der Waals surface area contributed by atoms with Crippen molar-refractivity contribution in [3.63, 3.8) is 0 Å². The van der Waals surface area contributed by atoms with Crippen molar-refractivity contribution in [2.24, 2.45) is 0 Å². The van der Waals surface area contributed by atoms with Gasteiger partial charge >= 0.3 is 5.97 Å². The van der Waals surface area contributed by atoms with E-state index < -0.39 is 5.97 Å². The molecule has 0 fully saturated rings. The van der Waals surface area contributed by atoms with E-state index in [9.17, 15) is 4.79 Å². The first-order valence-electron chi connectivity index (χ1n) is 7.47. The topological polar surface area (TPSA) is 70.1 Å². The summed E-state index contributed by atoms with van der Waals surface area (Å²) in [5.74, 6) is -0.0823. The molecule has 0 aliphatic rings. The summed E-state index contributed by atoms with van der Waals surface area (Å²) in [5, 5.41) is 4.57. The van der Waals surface area contributed by atoms with E-state index in [1.165, 1.54) is 0 Å². The third-order valence-electron chi connectivity index (χ3n) is 3.25. The Morgan fingerprint density at radius 3 is 2.45 bits per heavy atom. The highest BCUT2D eigenvalue weighted by atomic mass is 16.5. The maximum absolute atomic E-state index is 12.4. The van der Waals surface area contributed by atoms with Crippen molar-refractivity contribution < 1.29 is 9.53 Å². The second kappa shape index (κ2) is 6.22. The second-order valence-electron chi connectivity index (χ2n) is 6.19. The number of anilines is 1. The van der Waals surface area contributed by atoms with Crippen LogP contribution in [-0.4, -0.2) is 22.4 Å². The fourth-order valence-electron chi connectivity index (χ4n) is 2.21. The monoisotopic (exact) mass is 301 g/mol. The molecule has 0 aliphatic heterocycles. The van der Waals surface area contributed by atoms with Crippen molar-refractivity contribution in [2.45, 2.75) is 39.7 Å². The molecule has 118 valence electrons. The molecule has 0 saturated heterocycles. The van der Waals surface area contributed by atoms with E-state index >= 15 is 0 Å². The van der Waals surface area contributed by atoms with E-state index in [2.05, 4.69) is 5.10 Å². The van der Waals surface area contributed by atoms with Gasteiger partial charge < -0.3 is 10.5 Å². The van der Waals surface area contributed by atoms with Crippen LogP contribution in [0.2, 0.25) is 0 Å². The normalized spacial score (nSPS) is 11.5. The first-order valence-corrected chi connectivity index (χ1v) is 7.47. The van der Waals surface area contributed by atoms with Gasteiger partial charge in [0.05, 0.1) is 12.1 Å². The molecular formula is C17H23N3O2. The van der Waals surface area contributed by atoms with Gasteiger partial charge in [-0.1, -0.05) is 37.3 Å². The third kappa shape index (κ3) is 3.13. The Balaban J connectivity index is 2.58. The van der Waals surface area contributed by atoms with Crippen LogP contribution in [0.15, 0.2) is 30.3 Å². The van der Waals surface area contributed by atoms with E-state index in [1.54, 1.807) is 4.68 Å². The number of hydrogen-bond donors (Lipinski definition) is 1. The standard InChI is InChI=1S/C17H23N3O2/c1-5-11-22-16(21)13-14(12-9-7-6-8-10-12)19-20(15(13)18)17(2,3)4/h6-10H,5,11,18H2,1-4H3. The number of ether oxygens (including phenoxy) is 1. The Bertz CT molecular complexity index is 655. The molecule has 0 radical (unpaired) electrons. The lowest BCUT2D eigenvalue weighted by molar-refractivity contribution is 0.0507. The number of nitrogen functional groups attached to an aromatic ring is 1. The summed E-state index contributed by atoms with van der Waals surface area (Å²) in [4.78, 5) is 12.4. The number of carbonyl (C=O) groups excluding carboxylic acids is 1. The second-order valence-corrected chi connectivity index (χ2v) is 6.19. The first-order chi connectivity index (χ1) is 10.4. The number of carbonyl (C=O) groups is 1. The van der Waals surface area contributed by atoms with E-state index in [0.717, 1.165) is 12.0 Å². The zero-order chi connectivity index (χ0) is 16.3. The molecule has 2 aromatic rings. The molecule has 0 bridgehead atoms. The lowest BCUT2D eigenvalue weighted by Gasteiger charge is -2.20. The van der Waals surface area contributed by atoms with Gasteiger partial charge in [0, 0.05) is 5.56 Å². The third-order valence-corrected chi connectivity index (χ3v) is 3.25. The Kier molecular flexibility index (Phi) is 4.54. The molecule has 2 rings (SSSR count).